The summed E-state index contributed by atoms with van der Waals surface area (Å²) in [5.41, 5.74) is 0. The predicted octanol–water partition coefficient (Wildman–Crippen LogP) is 18.0. The van der Waals surface area contributed by atoms with Crippen LogP contribution in [0.2, 0.25) is 0 Å². The molecular formula is C48H86Cl4Zr2. The molecule has 0 aliphatic heterocycles. The Morgan fingerprint density at radius 3 is 0.815 bits per heavy atom. The summed E-state index contributed by atoms with van der Waals surface area (Å²) in [5, 5.41) is 0. The third kappa shape index (κ3) is 14.0. The second kappa shape index (κ2) is 28.5. The average Bonchev–Trinajstić information content (AvgIpc) is 3.97. The van der Waals surface area contributed by atoms with Gasteiger partial charge in [0.15, 0.2) is 0 Å². The number of hydrogen-bond acceptors (Lipinski definition) is 0. The van der Waals surface area contributed by atoms with Gasteiger partial charge >= 0.3 is 75.7 Å². The molecule has 9 aliphatic carbocycles. The summed E-state index contributed by atoms with van der Waals surface area (Å²) < 4.78 is 0. The summed E-state index contributed by atoms with van der Waals surface area (Å²) in [6.07, 6.45) is 47.5. The van der Waals surface area contributed by atoms with Gasteiger partial charge in [0, 0.05) is 0 Å². The van der Waals surface area contributed by atoms with Crippen LogP contribution >= 0.6 is 34.1 Å². The molecule has 0 spiro atoms. The van der Waals surface area contributed by atoms with Gasteiger partial charge in [-0.05, 0) is 186 Å². The Kier molecular flexibility index (Phi) is 28.0. The van der Waals surface area contributed by atoms with Crippen molar-refractivity contribution in [1.82, 2.24) is 0 Å². The summed E-state index contributed by atoms with van der Waals surface area (Å²) in [6, 6.07) is 0. The van der Waals surface area contributed by atoms with Gasteiger partial charge in [0.05, 0.1) is 0 Å². The molecule has 0 heterocycles. The Hall–Kier alpha value is 2.93. The molecule has 54 heavy (non-hydrogen) atoms. The zero-order chi connectivity index (χ0) is 34.7. The molecular weight excluding hydrogens is 901 g/mol. The Morgan fingerprint density at radius 2 is 0.481 bits per heavy atom. The van der Waals surface area contributed by atoms with Crippen LogP contribution in [-0.2, 0) is 41.7 Å². The molecule has 0 saturated heterocycles. The number of fused-ring (bicyclic) bond motifs is 4. The molecule has 6 heteroatoms. The average molecular weight is 987 g/mol. The van der Waals surface area contributed by atoms with Crippen molar-refractivity contribution in [2.75, 3.05) is 0 Å². The molecule has 0 bridgehead atoms. The summed E-state index contributed by atoms with van der Waals surface area (Å²) in [5.74, 6) is 16.1. The summed E-state index contributed by atoms with van der Waals surface area (Å²) in [6.45, 7) is 0. The molecule has 0 radical (unpaired) electrons. The van der Waals surface area contributed by atoms with Crippen LogP contribution in [0.1, 0.15) is 193 Å². The Labute approximate surface area is 377 Å². The van der Waals surface area contributed by atoms with Crippen LogP contribution in [0.25, 0.3) is 0 Å². The molecule has 0 aromatic rings. The van der Waals surface area contributed by atoms with Crippen molar-refractivity contribution in [2.45, 2.75) is 193 Å². The van der Waals surface area contributed by atoms with Crippen LogP contribution in [0.4, 0.5) is 0 Å². The van der Waals surface area contributed by atoms with E-state index in [1.165, 1.54) is 0 Å². The van der Waals surface area contributed by atoms with Crippen LogP contribution < -0.4 is 0 Å². The first-order valence-electron chi connectivity index (χ1n) is 22.6. The van der Waals surface area contributed by atoms with E-state index >= 15 is 0 Å². The fraction of sp³-hybridized carbons (Fsp3) is 0.917. The van der Waals surface area contributed by atoms with Crippen molar-refractivity contribution in [3.05, 3.63) is 29.7 Å². The molecule has 9 aliphatic rings. The van der Waals surface area contributed by atoms with Gasteiger partial charge in [-0.15, -0.1) is 0 Å². The molecule has 0 N–H and O–H groups in total. The molecule has 9 saturated carbocycles. The van der Waals surface area contributed by atoms with Gasteiger partial charge in [-0.25, -0.2) is 0 Å². The van der Waals surface area contributed by atoms with Gasteiger partial charge in [0.25, 0.3) is 0 Å². The molecule has 14 atom stereocenters. The van der Waals surface area contributed by atoms with Gasteiger partial charge in [-0.2, -0.15) is 0 Å². The van der Waals surface area contributed by atoms with Gasteiger partial charge in [-0.1, -0.05) is 89.9 Å². The van der Waals surface area contributed by atoms with Crippen LogP contribution in [0.15, 0.2) is 0 Å². The minimum absolute atomic E-state index is 0. The van der Waals surface area contributed by atoms with E-state index in [2.05, 4.69) is 0 Å². The Morgan fingerprint density at radius 1 is 0.259 bits per heavy atom. The van der Waals surface area contributed by atoms with Gasteiger partial charge in [0.2, 0.25) is 0 Å². The predicted molar refractivity (Wildman–Crippen MR) is 236 cm³/mol. The third-order valence-corrected chi connectivity index (χ3v) is 17.6. The van der Waals surface area contributed by atoms with Crippen molar-refractivity contribution >= 4 is 34.1 Å². The quantitative estimate of drug-likeness (QED) is 0.241. The van der Waals surface area contributed by atoms with Crippen molar-refractivity contribution in [1.29, 1.82) is 0 Å². The molecule has 0 nitrogen and oxygen atoms in total. The number of hydrogen-bond donors (Lipinski definition) is 0. The molecule has 314 valence electrons. The first kappa shape index (κ1) is 53.1. The molecule has 14 unspecified atom stereocenters. The van der Waals surface area contributed by atoms with Gasteiger partial charge < -0.3 is 29.7 Å². The maximum absolute atomic E-state index is 4.93. The van der Waals surface area contributed by atoms with Crippen LogP contribution in [0.5, 0.6) is 0 Å². The molecule has 0 aromatic carbocycles. The van der Waals surface area contributed by atoms with Gasteiger partial charge in [-0.3, -0.25) is 0 Å². The van der Waals surface area contributed by atoms with Crippen LogP contribution in [0, 0.1) is 113 Å². The monoisotopic (exact) mass is 982 g/mol. The van der Waals surface area contributed by atoms with E-state index in [1.54, 1.807) is 193 Å². The Bertz CT molecular complexity index is 878. The maximum atomic E-state index is 4.93. The fourth-order valence-corrected chi connectivity index (χ4v) is 15.7. The van der Waals surface area contributed by atoms with Crippen molar-refractivity contribution < 1.29 is 41.7 Å². The van der Waals surface area contributed by atoms with Crippen LogP contribution in [-0.4, -0.2) is 0 Å². The number of rotatable bonds is 5. The zero-order valence-electron chi connectivity index (χ0n) is 35.8. The topological polar surface area (TPSA) is 0 Å². The van der Waals surface area contributed by atoms with E-state index < -0.39 is 41.7 Å². The van der Waals surface area contributed by atoms with E-state index in [9.17, 15) is 0 Å². The molecule has 0 amide bonds. The van der Waals surface area contributed by atoms with Gasteiger partial charge in [0.1, 0.15) is 0 Å². The van der Waals surface area contributed by atoms with Crippen LogP contribution in [0.3, 0.4) is 0 Å². The first-order valence-corrected chi connectivity index (χ1v) is 35.2. The zero-order valence-corrected chi connectivity index (χ0v) is 43.7. The minimum atomic E-state index is -0.826. The fourth-order valence-electron chi connectivity index (χ4n) is 15.7. The second-order valence-electron chi connectivity index (χ2n) is 19.3. The van der Waals surface area contributed by atoms with Crippen molar-refractivity contribution in [2.24, 2.45) is 82.9 Å². The van der Waals surface area contributed by atoms with Crippen molar-refractivity contribution in [3.63, 3.8) is 0 Å². The van der Waals surface area contributed by atoms with E-state index in [0.717, 1.165) is 82.9 Å². The van der Waals surface area contributed by atoms with E-state index in [0.29, 0.717) is 0 Å². The van der Waals surface area contributed by atoms with Crippen molar-refractivity contribution in [3.8, 4) is 0 Å². The SMILES string of the molecule is C1CCC2C(C1)CCC2C1CCCCC1C1CCC2CCCCC21.C1CCC2C(C1)CCC2CCC1CCC2CCCCC21.[CH3-].[CH3-].[CH3-].[CH3-].[Cl][Zr+2][Cl].[Cl][Zr+2][Cl]. The normalized spacial score (nSPS) is 41.3. The van der Waals surface area contributed by atoms with E-state index in [4.69, 9.17) is 34.1 Å². The summed E-state index contributed by atoms with van der Waals surface area (Å²) >= 11 is -1.65. The van der Waals surface area contributed by atoms with E-state index in [-0.39, 0.29) is 29.7 Å². The van der Waals surface area contributed by atoms with E-state index in [1.807, 2.05) is 0 Å². The Balaban J connectivity index is 0.000000310. The number of halogens is 4. The second-order valence-corrected chi connectivity index (χ2v) is 26.8. The summed E-state index contributed by atoms with van der Waals surface area (Å²) in [7, 11) is 19.7. The molecule has 9 rings (SSSR count). The molecule has 0 aromatic heterocycles. The summed E-state index contributed by atoms with van der Waals surface area (Å²) in [4.78, 5) is 0. The third-order valence-electron chi connectivity index (χ3n) is 17.6. The molecule has 9 fully saturated rings. The first-order chi connectivity index (χ1) is 24.7. The standard InChI is InChI=1S/C24H40.C20H34.4CH3.4ClH.2Zr/c1-3-9-19-17(7-1)13-15-23(19)21-11-5-6-12-22(21)24-16-14-18-8-2-4-10-20(18)24;1-3-7-19-15(5-1)9-11-17(19)13-14-18-12-10-16-6-2-4-8-20(16)18;;;;;;;;;;/h17-24H,1-16H2;15-20H,1-14H2;4*1H3;4*1H;;/q;;4*-1;;;;;2*+4/p-4.